The molecule has 0 fully saturated rings. The van der Waals surface area contributed by atoms with E-state index in [1.165, 1.54) is 0 Å². The lowest BCUT2D eigenvalue weighted by Crippen LogP contribution is -2.02. The molecule has 96 valence electrons. The first-order chi connectivity index (χ1) is 9.26. The van der Waals surface area contributed by atoms with E-state index in [-0.39, 0.29) is 0 Å². The summed E-state index contributed by atoms with van der Waals surface area (Å²) in [5.41, 5.74) is 1.93. The highest BCUT2D eigenvalue weighted by molar-refractivity contribution is 6.29. The van der Waals surface area contributed by atoms with Crippen LogP contribution in [0, 0.1) is 0 Å². The second kappa shape index (κ2) is 4.90. The summed E-state index contributed by atoms with van der Waals surface area (Å²) in [4.78, 5) is 4.31. The standard InChI is InChI=1S/C14H12ClN3O/c1-19-12-5-2-10(3-6-12)9-18-14-11(8-16-18)4-7-13(15)17-14/h2-8H,9H2,1H3. The lowest BCUT2D eigenvalue weighted by molar-refractivity contribution is 0.414. The van der Waals surface area contributed by atoms with E-state index in [1.807, 2.05) is 35.0 Å². The number of aromatic nitrogens is 3. The van der Waals surface area contributed by atoms with Crippen LogP contribution in [0.4, 0.5) is 0 Å². The summed E-state index contributed by atoms with van der Waals surface area (Å²) >= 11 is 5.92. The second-order valence-electron chi connectivity index (χ2n) is 4.20. The molecule has 0 saturated carbocycles. The molecule has 0 bridgehead atoms. The fourth-order valence-electron chi connectivity index (χ4n) is 1.95. The summed E-state index contributed by atoms with van der Waals surface area (Å²) in [7, 11) is 1.65. The Morgan fingerprint density at radius 2 is 1.95 bits per heavy atom. The van der Waals surface area contributed by atoms with Crippen molar-refractivity contribution in [3.63, 3.8) is 0 Å². The summed E-state index contributed by atoms with van der Waals surface area (Å²) in [6.45, 7) is 0.654. The van der Waals surface area contributed by atoms with E-state index >= 15 is 0 Å². The van der Waals surface area contributed by atoms with Gasteiger partial charge in [0.2, 0.25) is 0 Å². The topological polar surface area (TPSA) is 39.9 Å². The Hall–Kier alpha value is -2.07. The van der Waals surface area contributed by atoms with E-state index < -0.39 is 0 Å². The molecule has 19 heavy (non-hydrogen) atoms. The number of halogens is 1. The van der Waals surface area contributed by atoms with Crippen molar-refractivity contribution in [3.05, 3.63) is 53.3 Å². The number of benzene rings is 1. The Bertz CT molecular complexity index is 706. The normalized spacial score (nSPS) is 10.8. The third-order valence-corrected chi connectivity index (χ3v) is 3.15. The van der Waals surface area contributed by atoms with Gasteiger partial charge in [0.25, 0.3) is 0 Å². The first-order valence-corrected chi connectivity index (χ1v) is 6.25. The Labute approximate surface area is 115 Å². The van der Waals surface area contributed by atoms with Gasteiger partial charge in [0.1, 0.15) is 10.9 Å². The molecule has 0 unspecified atom stereocenters. The summed E-state index contributed by atoms with van der Waals surface area (Å²) in [5.74, 6) is 0.843. The molecular formula is C14H12ClN3O. The largest absolute Gasteiger partial charge is 0.497 e. The molecule has 0 spiro atoms. The van der Waals surface area contributed by atoms with Crippen LogP contribution < -0.4 is 4.74 Å². The Morgan fingerprint density at radius 1 is 1.16 bits per heavy atom. The SMILES string of the molecule is COc1ccc(Cn2ncc3ccc(Cl)nc32)cc1. The van der Waals surface area contributed by atoms with E-state index in [0.29, 0.717) is 11.7 Å². The summed E-state index contributed by atoms with van der Waals surface area (Å²) in [6, 6.07) is 11.6. The van der Waals surface area contributed by atoms with Gasteiger partial charge in [-0.15, -0.1) is 0 Å². The zero-order valence-electron chi connectivity index (χ0n) is 10.4. The molecule has 0 aliphatic heterocycles. The Balaban J connectivity index is 1.93. The molecule has 0 aliphatic carbocycles. The molecule has 4 nitrogen and oxygen atoms in total. The zero-order chi connectivity index (χ0) is 13.2. The van der Waals surface area contributed by atoms with Crippen molar-refractivity contribution in [1.82, 2.24) is 14.8 Å². The number of ether oxygens (including phenoxy) is 1. The minimum atomic E-state index is 0.476. The molecule has 5 heteroatoms. The number of rotatable bonds is 3. The molecule has 2 aromatic heterocycles. The number of pyridine rings is 1. The highest BCUT2D eigenvalue weighted by Gasteiger charge is 2.05. The summed E-state index contributed by atoms with van der Waals surface area (Å²) < 4.78 is 6.97. The lowest BCUT2D eigenvalue weighted by Gasteiger charge is -2.05. The molecule has 1 aromatic carbocycles. The Morgan fingerprint density at radius 3 is 2.68 bits per heavy atom. The van der Waals surface area contributed by atoms with Gasteiger partial charge >= 0.3 is 0 Å². The van der Waals surface area contributed by atoms with Crippen molar-refractivity contribution in [3.8, 4) is 5.75 Å². The molecule has 0 N–H and O–H groups in total. The molecule has 3 aromatic rings. The van der Waals surface area contributed by atoms with Gasteiger partial charge in [0, 0.05) is 5.39 Å². The van der Waals surface area contributed by atoms with Crippen LogP contribution in [-0.4, -0.2) is 21.9 Å². The lowest BCUT2D eigenvalue weighted by atomic mass is 10.2. The molecule has 0 radical (unpaired) electrons. The number of nitrogens with zero attached hydrogens (tertiary/aromatic N) is 3. The first kappa shape index (κ1) is 12.0. The molecule has 0 aliphatic rings. The smallest absolute Gasteiger partial charge is 0.159 e. The van der Waals surface area contributed by atoms with Crippen molar-refractivity contribution >= 4 is 22.6 Å². The van der Waals surface area contributed by atoms with Gasteiger partial charge < -0.3 is 4.74 Å². The van der Waals surface area contributed by atoms with Crippen molar-refractivity contribution in [1.29, 1.82) is 0 Å². The highest BCUT2D eigenvalue weighted by Crippen LogP contribution is 2.17. The average molecular weight is 274 g/mol. The van der Waals surface area contributed by atoms with Crippen molar-refractivity contribution in [2.24, 2.45) is 0 Å². The van der Waals surface area contributed by atoms with Crippen LogP contribution in [0.25, 0.3) is 11.0 Å². The third kappa shape index (κ3) is 2.39. The predicted molar refractivity (Wildman–Crippen MR) is 74.6 cm³/mol. The fourth-order valence-corrected chi connectivity index (χ4v) is 2.09. The van der Waals surface area contributed by atoms with E-state index in [0.717, 1.165) is 22.3 Å². The van der Waals surface area contributed by atoms with Crippen LogP contribution in [0.3, 0.4) is 0 Å². The maximum Gasteiger partial charge on any atom is 0.159 e. The molecule has 0 saturated heterocycles. The second-order valence-corrected chi connectivity index (χ2v) is 4.58. The highest BCUT2D eigenvalue weighted by atomic mass is 35.5. The zero-order valence-corrected chi connectivity index (χ0v) is 11.1. The van der Waals surface area contributed by atoms with Crippen LogP contribution >= 0.6 is 11.6 Å². The van der Waals surface area contributed by atoms with E-state index in [1.54, 1.807) is 19.4 Å². The van der Waals surface area contributed by atoms with Crippen molar-refractivity contribution in [2.75, 3.05) is 7.11 Å². The van der Waals surface area contributed by atoms with Gasteiger partial charge in [0.15, 0.2) is 5.65 Å². The third-order valence-electron chi connectivity index (χ3n) is 2.94. The van der Waals surface area contributed by atoms with Crippen LogP contribution in [-0.2, 0) is 6.54 Å². The minimum Gasteiger partial charge on any atom is -0.497 e. The van der Waals surface area contributed by atoms with Gasteiger partial charge in [-0.1, -0.05) is 23.7 Å². The van der Waals surface area contributed by atoms with Crippen LogP contribution in [0.1, 0.15) is 5.56 Å². The van der Waals surface area contributed by atoms with E-state index in [2.05, 4.69) is 10.1 Å². The average Bonchev–Trinajstić information content (AvgIpc) is 2.82. The summed E-state index contributed by atoms with van der Waals surface area (Å²) in [5, 5.41) is 5.80. The van der Waals surface area contributed by atoms with Gasteiger partial charge in [-0.3, -0.25) is 0 Å². The van der Waals surface area contributed by atoms with Gasteiger partial charge in [-0.05, 0) is 29.8 Å². The maximum absolute atomic E-state index is 5.92. The number of methoxy groups -OCH3 is 1. The number of hydrogen-bond acceptors (Lipinski definition) is 3. The number of fused-ring (bicyclic) bond motifs is 1. The van der Waals surface area contributed by atoms with Gasteiger partial charge in [-0.2, -0.15) is 5.10 Å². The molecule has 0 amide bonds. The van der Waals surface area contributed by atoms with Gasteiger partial charge in [0.05, 0.1) is 19.9 Å². The first-order valence-electron chi connectivity index (χ1n) is 5.87. The van der Waals surface area contributed by atoms with Crippen LogP contribution in [0.5, 0.6) is 5.75 Å². The fraction of sp³-hybridized carbons (Fsp3) is 0.143. The summed E-state index contributed by atoms with van der Waals surface area (Å²) in [6.07, 6.45) is 1.79. The van der Waals surface area contributed by atoms with Gasteiger partial charge in [-0.25, -0.2) is 9.67 Å². The minimum absolute atomic E-state index is 0.476. The van der Waals surface area contributed by atoms with E-state index in [4.69, 9.17) is 16.3 Å². The molecule has 3 rings (SSSR count). The Kier molecular flexibility index (Phi) is 3.09. The predicted octanol–water partition coefficient (Wildman–Crippen LogP) is 3.14. The quantitative estimate of drug-likeness (QED) is 0.688. The van der Waals surface area contributed by atoms with Crippen molar-refractivity contribution < 1.29 is 4.74 Å². The van der Waals surface area contributed by atoms with E-state index in [9.17, 15) is 0 Å². The molecular weight excluding hydrogens is 262 g/mol. The monoisotopic (exact) mass is 273 g/mol. The molecule has 0 atom stereocenters. The van der Waals surface area contributed by atoms with Crippen LogP contribution in [0.15, 0.2) is 42.6 Å². The number of hydrogen-bond donors (Lipinski definition) is 0. The van der Waals surface area contributed by atoms with Crippen LogP contribution in [0.2, 0.25) is 5.15 Å². The molecule has 2 heterocycles. The maximum atomic E-state index is 5.92. The van der Waals surface area contributed by atoms with Crippen molar-refractivity contribution in [2.45, 2.75) is 6.54 Å².